The molecule has 0 bridgehead atoms. The number of unbranched alkanes of at least 4 members (excludes halogenated alkanes) is 1. The molecule has 0 atom stereocenters. The van der Waals surface area contributed by atoms with E-state index in [4.69, 9.17) is 4.99 Å². The molecule has 6 heteroatoms. The van der Waals surface area contributed by atoms with E-state index in [-0.39, 0.29) is 24.0 Å². The highest BCUT2D eigenvalue weighted by molar-refractivity contribution is 14.0. The van der Waals surface area contributed by atoms with Gasteiger partial charge in [0.1, 0.15) is 5.82 Å². The maximum Gasteiger partial charge on any atom is 0.191 e. The number of benzene rings is 1. The van der Waals surface area contributed by atoms with Crippen molar-refractivity contribution >= 4 is 29.9 Å². The summed E-state index contributed by atoms with van der Waals surface area (Å²) in [5.41, 5.74) is 4.03. The minimum atomic E-state index is 0. The fourth-order valence-corrected chi connectivity index (χ4v) is 3.11. The zero-order valence-electron chi connectivity index (χ0n) is 17.1. The van der Waals surface area contributed by atoms with Gasteiger partial charge < -0.3 is 15.2 Å². The van der Waals surface area contributed by atoms with Crippen molar-refractivity contribution in [3.8, 4) is 0 Å². The molecule has 0 unspecified atom stereocenters. The lowest BCUT2D eigenvalue weighted by molar-refractivity contribution is 0.600. The predicted molar refractivity (Wildman–Crippen MR) is 125 cm³/mol. The molecule has 0 aliphatic rings. The molecule has 1 heterocycles. The number of aromatic nitrogens is 2. The number of hydrogen-bond donors (Lipinski definition) is 2. The summed E-state index contributed by atoms with van der Waals surface area (Å²) in [6.07, 6.45) is 7.09. The second kappa shape index (κ2) is 12.8. The molecule has 0 saturated carbocycles. The first-order valence-electron chi connectivity index (χ1n) is 9.65. The highest BCUT2D eigenvalue weighted by Crippen LogP contribution is 2.09. The highest BCUT2D eigenvalue weighted by atomic mass is 127. The summed E-state index contributed by atoms with van der Waals surface area (Å²) in [5.74, 6) is 1.99. The van der Waals surface area contributed by atoms with Crippen LogP contribution in [0.4, 0.5) is 0 Å². The normalized spacial score (nSPS) is 11.2. The van der Waals surface area contributed by atoms with E-state index in [2.05, 4.69) is 59.2 Å². The zero-order chi connectivity index (χ0) is 18.8. The number of aryl methyl sites for hydroxylation is 4. The molecular formula is C21H34IN5. The third-order valence-corrected chi connectivity index (χ3v) is 4.33. The summed E-state index contributed by atoms with van der Waals surface area (Å²) >= 11 is 0. The van der Waals surface area contributed by atoms with Crippen LogP contribution in [0.5, 0.6) is 0 Å². The Bertz CT molecular complexity index is 688. The number of nitrogens with zero attached hydrogens (tertiary/aromatic N) is 3. The van der Waals surface area contributed by atoms with E-state index in [1.807, 2.05) is 19.3 Å². The summed E-state index contributed by atoms with van der Waals surface area (Å²) in [6, 6.07) is 6.74. The van der Waals surface area contributed by atoms with Gasteiger partial charge in [-0.05, 0) is 52.5 Å². The molecule has 0 aliphatic heterocycles. The molecule has 1 aromatic carbocycles. The molecule has 2 N–H and O–H groups in total. The number of rotatable bonds is 9. The van der Waals surface area contributed by atoms with Crippen molar-refractivity contribution in [2.75, 3.05) is 19.6 Å². The number of halogens is 1. The van der Waals surface area contributed by atoms with Crippen molar-refractivity contribution < 1.29 is 0 Å². The van der Waals surface area contributed by atoms with Gasteiger partial charge in [0.15, 0.2) is 5.96 Å². The Hall–Kier alpha value is -1.57. The van der Waals surface area contributed by atoms with Gasteiger partial charge in [0, 0.05) is 38.6 Å². The van der Waals surface area contributed by atoms with Crippen molar-refractivity contribution in [2.45, 2.75) is 53.5 Å². The fraction of sp³-hybridized carbons (Fsp3) is 0.524. The molecule has 0 radical (unpaired) electrons. The standard InChI is InChI=1S/C21H33N5.HI/c1-5-22-21(24-9-6-7-12-26-13-11-23-19(26)4)25-10-8-20-15-17(2)14-18(3)16-20;/h11,13-16H,5-10,12H2,1-4H3,(H2,22,24,25);1H. The lowest BCUT2D eigenvalue weighted by Gasteiger charge is -2.12. The van der Waals surface area contributed by atoms with Gasteiger partial charge in [0.25, 0.3) is 0 Å². The van der Waals surface area contributed by atoms with Gasteiger partial charge >= 0.3 is 0 Å². The Morgan fingerprint density at radius 3 is 2.44 bits per heavy atom. The molecule has 2 rings (SSSR count). The average molecular weight is 483 g/mol. The van der Waals surface area contributed by atoms with Crippen LogP contribution < -0.4 is 10.6 Å². The number of nitrogens with one attached hydrogen (secondary N) is 2. The summed E-state index contributed by atoms with van der Waals surface area (Å²) in [6.45, 7) is 12.1. The molecule has 0 saturated heterocycles. The van der Waals surface area contributed by atoms with Crippen LogP contribution in [0.3, 0.4) is 0 Å². The third kappa shape index (κ3) is 8.77. The first-order chi connectivity index (χ1) is 12.6. The van der Waals surface area contributed by atoms with Gasteiger partial charge in [-0.1, -0.05) is 29.3 Å². The molecule has 0 fully saturated rings. The van der Waals surface area contributed by atoms with Crippen molar-refractivity contribution in [1.29, 1.82) is 0 Å². The number of imidazole rings is 1. The molecule has 0 amide bonds. The third-order valence-electron chi connectivity index (χ3n) is 4.33. The van der Waals surface area contributed by atoms with Crippen LogP contribution in [-0.4, -0.2) is 35.1 Å². The van der Waals surface area contributed by atoms with Crippen LogP contribution >= 0.6 is 24.0 Å². The summed E-state index contributed by atoms with van der Waals surface area (Å²) in [5, 5.41) is 6.77. The van der Waals surface area contributed by atoms with E-state index >= 15 is 0 Å². The van der Waals surface area contributed by atoms with Gasteiger partial charge in [0.2, 0.25) is 0 Å². The minimum Gasteiger partial charge on any atom is -0.357 e. The smallest absolute Gasteiger partial charge is 0.191 e. The quantitative estimate of drug-likeness (QED) is 0.245. The van der Waals surface area contributed by atoms with Crippen molar-refractivity contribution in [1.82, 2.24) is 20.2 Å². The fourth-order valence-electron chi connectivity index (χ4n) is 3.11. The second-order valence-corrected chi connectivity index (χ2v) is 6.81. The van der Waals surface area contributed by atoms with E-state index in [0.29, 0.717) is 0 Å². The average Bonchev–Trinajstić information content (AvgIpc) is 2.99. The first-order valence-corrected chi connectivity index (χ1v) is 9.65. The van der Waals surface area contributed by atoms with Crippen molar-refractivity contribution in [3.63, 3.8) is 0 Å². The van der Waals surface area contributed by atoms with Gasteiger partial charge in [-0.3, -0.25) is 4.99 Å². The maximum atomic E-state index is 4.69. The lowest BCUT2D eigenvalue weighted by Crippen LogP contribution is -2.38. The number of hydrogen-bond acceptors (Lipinski definition) is 2. The zero-order valence-corrected chi connectivity index (χ0v) is 19.4. The predicted octanol–water partition coefficient (Wildman–Crippen LogP) is 4.00. The van der Waals surface area contributed by atoms with Crippen LogP contribution in [-0.2, 0) is 13.0 Å². The van der Waals surface area contributed by atoms with Crippen LogP contribution in [0.25, 0.3) is 0 Å². The van der Waals surface area contributed by atoms with E-state index < -0.39 is 0 Å². The highest BCUT2D eigenvalue weighted by Gasteiger charge is 2.00. The van der Waals surface area contributed by atoms with Crippen LogP contribution in [0.1, 0.15) is 42.3 Å². The first kappa shape index (κ1) is 23.5. The van der Waals surface area contributed by atoms with E-state index in [9.17, 15) is 0 Å². The topological polar surface area (TPSA) is 54.2 Å². The maximum absolute atomic E-state index is 4.69. The molecule has 27 heavy (non-hydrogen) atoms. The Labute approximate surface area is 181 Å². The van der Waals surface area contributed by atoms with Gasteiger partial charge in [-0.15, -0.1) is 24.0 Å². The number of aliphatic imine (C=N–C) groups is 1. The Morgan fingerprint density at radius 1 is 1.07 bits per heavy atom. The van der Waals surface area contributed by atoms with E-state index in [0.717, 1.165) is 57.2 Å². The second-order valence-electron chi connectivity index (χ2n) is 6.81. The molecule has 0 aliphatic carbocycles. The van der Waals surface area contributed by atoms with Gasteiger partial charge in [-0.25, -0.2) is 4.98 Å². The van der Waals surface area contributed by atoms with Crippen LogP contribution in [0, 0.1) is 20.8 Å². The number of guanidine groups is 1. The van der Waals surface area contributed by atoms with Crippen molar-refractivity contribution in [3.05, 3.63) is 53.1 Å². The molecule has 5 nitrogen and oxygen atoms in total. The van der Waals surface area contributed by atoms with Crippen molar-refractivity contribution in [2.24, 2.45) is 4.99 Å². The van der Waals surface area contributed by atoms with E-state index in [1.165, 1.54) is 16.7 Å². The van der Waals surface area contributed by atoms with Crippen LogP contribution in [0.2, 0.25) is 0 Å². The summed E-state index contributed by atoms with van der Waals surface area (Å²) in [4.78, 5) is 8.94. The Morgan fingerprint density at radius 2 is 1.81 bits per heavy atom. The van der Waals surface area contributed by atoms with Gasteiger partial charge in [-0.2, -0.15) is 0 Å². The SMILES string of the molecule is CCNC(=NCCCCn1ccnc1C)NCCc1cc(C)cc(C)c1.I. The van der Waals surface area contributed by atoms with Crippen LogP contribution in [0.15, 0.2) is 35.6 Å². The molecule has 0 spiro atoms. The summed E-state index contributed by atoms with van der Waals surface area (Å²) < 4.78 is 2.19. The summed E-state index contributed by atoms with van der Waals surface area (Å²) in [7, 11) is 0. The molecule has 2 aromatic rings. The Balaban J connectivity index is 0.00000364. The molecular weight excluding hydrogens is 449 g/mol. The molecule has 1 aromatic heterocycles. The minimum absolute atomic E-state index is 0. The lowest BCUT2D eigenvalue weighted by atomic mass is 10.1. The Kier molecular flexibility index (Phi) is 11.1. The molecule has 150 valence electrons. The largest absolute Gasteiger partial charge is 0.357 e. The monoisotopic (exact) mass is 483 g/mol. The van der Waals surface area contributed by atoms with E-state index in [1.54, 1.807) is 0 Å². The van der Waals surface area contributed by atoms with Gasteiger partial charge in [0.05, 0.1) is 0 Å².